The summed E-state index contributed by atoms with van der Waals surface area (Å²) in [6, 6.07) is -0.0115. The average molecular weight is 313 g/mol. The molecule has 126 valence electrons. The van der Waals surface area contributed by atoms with Gasteiger partial charge in [0.05, 0.1) is 25.4 Å². The lowest BCUT2D eigenvalue weighted by atomic mass is 9.95. The van der Waals surface area contributed by atoms with Gasteiger partial charge in [0.2, 0.25) is 0 Å². The molecule has 0 aromatic carbocycles. The first-order valence-electron chi connectivity index (χ1n) is 8.14. The van der Waals surface area contributed by atoms with E-state index in [2.05, 4.69) is 4.90 Å². The van der Waals surface area contributed by atoms with Crippen molar-refractivity contribution in [2.24, 2.45) is 5.92 Å². The van der Waals surface area contributed by atoms with Crippen LogP contribution in [0.2, 0.25) is 0 Å². The molecule has 3 N–H and O–H groups in total. The van der Waals surface area contributed by atoms with Crippen molar-refractivity contribution in [3.63, 3.8) is 0 Å². The highest BCUT2D eigenvalue weighted by atomic mass is 16.5. The Morgan fingerprint density at radius 2 is 1.91 bits per heavy atom. The number of aliphatic carboxylic acids is 1. The summed E-state index contributed by atoms with van der Waals surface area (Å²) in [4.78, 5) is 12.7. The third-order valence-electron chi connectivity index (χ3n) is 4.61. The number of rotatable bonds is 7. The molecule has 6 heteroatoms. The van der Waals surface area contributed by atoms with Crippen LogP contribution in [0, 0.1) is 5.92 Å². The molecule has 0 spiro atoms. The predicted molar refractivity (Wildman–Crippen MR) is 81.5 cm³/mol. The molecule has 6 nitrogen and oxygen atoms in total. The first-order valence-corrected chi connectivity index (χ1v) is 8.14. The second-order valence-electron chi connectivity index (χ2n) is 6.17. The van der Waals surface area contributed by atoms with Crippen LogP contribution >= 0.6 is 0 Å². The summed E-state index contributed by atoms with van der Waals surface area (Å²) in [5.74, 6) is -0.737. The summed E-state index contributed by atoms with van der Waals surface area (Å²) >= 11 is 0. The van der Waals surface area contributed by atoms with Gasteiger partial charge >= 0.3 is 5.97 Å². The molecule has 0 unspecified atom stereocenters. The van der Waals surface area contributed by atoms with Gasteiger partial charge in [-0.1, -0.05) is 12.2 Å². The largest absolute Gasteiger partial charge is 0.481 e. The van der Waals surface area contributed by atoms with Crippen molar-refractivity contribution in [1.29, 1.82) is 0 Å². The molecule has 0 aromatic heterocycles. The molecule has 1 saturated heterocycles. The minimum absolute atomic E-state index is 0.0115. The van der Waals surface area contributed by atoms with Crippen molar-refractivity contribution < 1.29 is 24.9 Å². The van der Waals surface area contributed by atoms with Gasteiger partial charge in [0.15, 0.2) is 0 Å². The highest BCUT2D eigenvalue weighted by molar-refractivity contribution is 5.66. The van der Waals surface area contributed by atoms with E-state index in [0.29, 0.717) is 32.5 Å². The van der Waals surface area contributed by atoms with E-state index in [1.54, 1.807) is 0 Å². The highest BCUT2D eigenvalue weighted by Crippen LogP contribution is 2.34. The normalized spacial score (nSPS) is 33.5. The molecule has 1 saturated carbocycles. The molecule has 2 aliphatic rings. The minimum atomic E-state index is -0.768. The van der Waals surface area contributed by atoms with E-state index in [1.165, 1.54) is 0 Å². The molecule has 0 radical (unpaired) electrons. The van der Waals surface area contributed by atoms with Crippen LogP contribution < -0.4 is 0 Å². The average Bonchev–Trinajstić information content (AvgIpc) is 2.77. The number of ether oxygens (including phenoxy) is 1. The number of aliphatic hydroxyl groups excluding tert-OH is 2. The van der Waals surface area contributed by atoms with Crippen molar-refractivity contribution in [2.45, 2.75) is 50.4 Å². The fourth-order valence-electron chi connectivity index (χ4n) is 3.50. The fraction of sp³-hybridized carbons (Fsp3) is 0.812. The maximum atomic E-state index is 10.4. The third kappa shape index (κ3) is 4.78. The van der Waals surface area contributed by atoms with Crippen LogP contribution in [0.1, 0.15) is 32.1 Å². The number of carbonyl (C=O) groups is 1. The van der Waals surface area contributed by atoms with Crippen LogP contribution in [0.5, 0.6) is 0 Å². The SMILES string of the molecule is O=C(O)CCC/C=C\C[C@@H]1[C@@H](N2CCOCC2)[C@H](O)C[C@@H]1O. The van der Waals surface area contributed by atoms with Gasteiger partial charge in [-0.05, 0) is 19.3 Å². The molecular weight excluding hydrogens is 286 g/mol. The molecule has 1 aliphatic heterocycles. The summed E-state index contributed by atoms with van der Waals surface area (Å²) in [6.45, 7) is 2.95. The van der Waals surface area contributed by atoms with Gasteiger partial charge < -0.3 is 20.1 Å². The number of nitrogens with zero attached hydrogens (tertiary/aromatic N) is 1. The van der Waals surface area contributed by atoms with Gasteiger partial charge in [0, 0.05) is 37.9 Å². The van der Waals surface area contributed by atoms with Crippen LogP contribution in [0.15, 0.2) is 12.2 Å². The Kier molecular flexibility index (Phi) is 6.82. The summed E-state index contributed by atoms with van der Waals surface area (Å²) < 4.78 is 5.35. The summed E-state index contributed by atoms with van der Waals surface area (Å²) in [5, 5.41) is 29.0. The van der Waals surface area contributed by atoms with Gasteiger partial charge in [-0.3, -0.25) is 9.69 Å². The molecule has 4 atom stereocenters. The Balaban J connectivity index is 1.83. The maximum Gasteiger partial charge on any atom is 0.303 e. The quantitative estimate of drug-likeness (QED) is 0.472. The van der Waals surface area contributed by atoms with E-state index in [1.807, 2.05) is 12.2 Å². The van der Waals surface area contributed by atoms with Gasteiger partial charge in [0.1, 0.15) is 0 Å². The number of aliphatic hydroxyl groups is 2. The number of morpholine rings is 1. The van der Waals surface area contributed by atoms with E-state index in [9.17, 15) is 15.0 Å². The van der Waals surface area contributed by atoms with E-state index < -0.39 is 18.2 Å². The maximum absolute atomic E-state index is 10.4. The lowest BCUT2D eigenvalue weighted by Gasteiger charge is -2.37. The Bertz CT molecular complexity index is 381. The number of carboxylic acids is 1. The van der Waals surface area contributed by atoms with Crippen molar-refractivity contribution in [3.8, 4) is 0 Å². The lowest BCUT2D eigenvalue weighted by molar-refractivity contribution is -0.137. The second kappa shape index (κ2) is 8.62. The molecule has 2 rings (SSSR count). The number of carboxylic acid groups (broad SMARTS) is 1. The predicted octanol–water partition coefficient (Wildman–Crippen LogP) is 0.630. The van der Waals surface area contributed by atoms with Crippen LogP contribution in [0.3, 0.4) is 0 Å². The van der Waals surface area contributed by atoms with Gasteiger partial charge in [-0.2, -0.15) is 0 Å². The van der Waals surface area contributed by atoms with E-state index in [4.69, 9.17) is 9.84 Å². The summed E-state index contributed by atoms with van der Waals surface area (Å²) in [7, 11) is 0. The number of allylic oxidation sites excluding steroid dienone is 2. The van der Waals surface area contributed by atoms with Gasteiger partial charge in [-0.25, -0.2) is 0 Å². The topological polar surface area (TPSA) is 90.2 Å². The lowest BCUT2D eigenvalue weighted by Crippen LogP contribution is -2.50. The zero-order valence-corrected chi connectivity index (χ0v) is 12.9. The molecule has 2 fully saturated rings. The molecule has 0 aromatic rings. The summed E-state index contributed by atoms with van der Waals surface area (Å²) in [5.41, 5.74) is 0. The zero-order valence-electron chi connectivity index (χ0n) is 12.9. The van der Waals surface area contributed by atoms with Crippen molar-refractivity contribution in [3.05, 3.63) is 12.2 Å². The van der Waals surface area contributed by atoms with E-state index >= 15 is 0 Å². The van der Waals surface area contributed by atoms with E-state index in [0.717, 1.165) is 19.5 Å². The van der Waals surface area contributed by atoms with Gasteiger partial charge in [-0.15, -0.1) is 0 Å². The van der Waals surface area contributed by atoms with Crippen molar-refractivity contribution in [1.82, 2.24) is 4.90 Å². The smallest absolute Gasteiger partial charge is 0.303 e. The molecule has 0 bridgehead atoms. The standard InChI is InChI=1S/C16H27NO5/c18-13-11-14(19)16(17-7-9-22-10-8-17)12(13)5-3-1-2-4-6-15(20)21/h1,3,12-14,16,18-19H,2,4-11H2,(H,20,21)/b3-1-/t12-,13-,14+,16+/m0/s1. The van der Waals surface area contributed by atoms with Crippen molar-refractivity contribution in [2.75, 3.05) is 26.3 Å². The minimum Gasteiger partial charge on any atom is -0.481 e. The molecule has 22 heavy (non-hydrogen) atoms. The molecule has 1 aliphatic carbocycles. The molecular formula is C16H27NO5. The van der Waals surface area contributed by atoms with Crippen LogP contribution in [0.4, 0.5) is 0 Å². The first-order chi connectivity index (χ1) is 10.6. The fourth-order valence-corrected chi connectivity index (χ4v) is 3.50. The monoisotopic (exact) mass is 313 g/mol. The Morgan fingerprint density at radius 1 is 1.18 bits per heavy atom. The van der Waals surface area contributed by atoms with Gasteiger partial charge in [0.25, 0.3) is 0 Å². The Hall–Kier alpha value is -0.950. The van der Waals surface area contributed by atoms with E-state index in [-0.39, 0.29) is 18.4 Å². The number of hydrogen-bond acceptors (Lipinski definition) is 5. The molecule has 1 heterocycles. The van der Waals surface area contributed by atoms with Crippen LogP contribution in [0.25, 0.3) is 0 Å². The van der Waals surface area contributed by atoms with Crippen molar-refractivity contribution >= 4 is 5.97 Å². The zero-order chi connectivity index (χ0) is 15.9. The van der Waals surface area contributed by atoms with Crippen LogP contribution in [-0.4, -0.2) is 70.7 Å². The number of unbranched alkanes of at least 4 members (excludes halogenated alkanes) is 1. The molecule has 0 amide bonds. The Morgan fingerprint density at radius 3 is 2.59 bits per heavy atom. The number of hydrogen-bond donors (Lipinski definition) is 3. The Labute approximate surface area is 131 Å². The van der Waals surface area contributed by atoms with Crippen LogP contribution in [-0.2, 0) is 9.53 Å². The summed E-state index contributed by atoms with van der Waals surface area (Å²) in [6.07, 6.45) is 5.73. The second-order valence-corrected chi connectivity index (χ2v) is 6.17. The first kappa shape index (κ1) is 17.4. The third-order valence-corrected chi connectivity index (χ3v) is 4.61. The highest BCUT2D eigenvalue weighted by Gasteiger charge is 2.44.